The zero-order chi connectivity index (χ0) is 16.9. The summed E-state index contributed by atoms with van der Waals surface area (Å²) in [5, 5.41) is 6.32. The van der Waals surface area contributed by atoms with Crippen molar-refractivity contribution in [3.8, 4) is 0 Å². The molecule has 5 nitrogen and oxygen atoms in total. The van der Waals surface area contributed by atoms with Gasteiger partial charge in [-0.15, -0.1) is 0 Å². The summed E-state index contributed by atoms with van der Waals surface area (Å²) in [5.74, 6) is 0.746. The second kappa shape index (κ2) is 7.26. The quantitative estimate of drug-likeness (QED) is 0.886. The second-order valence-corrected chi connectivity index (χ2v) is 5.03. The number of rotatable bonds is 6. The Hall–Kier alpha value is -2.38. The lowest BCUT2D eigenvalue weighted by Gasteiger charge is -2.08. The molecule has 23 heavy (non-hydrogen) atoms. The molecule has 1 heterocycles. The molecule has 2 aromatic rings. The fourth-order valence-electron chi connectivity index (χ4n) is 1.96. The van der Waals surface area contributed by atoms with Crippen LogP contribution in [-0.2, 0) is 23.8 Å². The molecule has 0 fully saturated rings. The van der Waals surface area contributed by atoms with E-state index >= 15 is 0 Å². The Bertz CT molecular complexity index is 651. The summed E-state index contributed by atoms with van der Waals surface area (Å²) < 4.78 is 42.2. The zero-order valence-corrected chi connectivity index (χ0v) is 12.5. The highest BCUT2D eigenvalue weighted by Gasteiger charge is 2.29. The molecule has 8 heteroatoms. The number of benzene rings is 1. The normalized spacial score (nSPS) is 11.5. The van der Waals surface area contributed by atoms with Gasteiger partial charge in [0.25, 0.3) is 0 Å². The zero-order valence-electron chi connectivity index (χ0n) is 12.5. The molecule has 2 rings (SSSR count). The topological polar surface area (TPSA) is 68.0 Å². The van der Waals surface area contributed by atoms with Crippen LogP contribution in [0.25, 0.3) is 0 Å². The molecule has 0 atom stereocenters. The number of halogens is 3. The van der Waals surface area contributed by atoms with Crippen LogP contribution >= 0.6 is 0 Å². The Morgan fingerprint density at radius 1 is 1.22 bits per heavy atom. The summed E-state index contributed by atoms with van der Waals surface area (Å²) in [6, 6.07) is 4.90. The highest BCUT2D eigenvalue weighted by atomic mass is 19.4. The van der Waals surface area contributed by atoms with Gasteiger partial charge in [0, 0.05) is 19.4 Å². The first-order valence-corrected chi connectivity index (χ1v) is 7.06. The molecule has 0 aliphatic rings. The third-order valence-electron chi connectivity index (χ3n) is 3.15. The van der Waals surface area contributed by atoms with Crippen LogP contribution in [0.2, 0.25) is 0 Å². The van der Waals surface area contributed by atoms with Gasteiger partial charge in [-0.2, -0.15) is 18.2 Å². The van der Waals surface area contributed by atoms with E-state index in [4.69, 9.17) is 4.52 Å². The number of aromatic nitrogens is 2. The summed E-state index contributed by atoms with van der Waals surface area (Å²) in [4.78, 5) is 15.6. The van der Waals surface area contributed by atoms with Crippen LogP contribution in [0.3, 0.4) is 0 Å². The predicted octanol–water partition coefficient (Wildman–Crippen LogP) is 2.69. The maximum absolute atomic E-state index is 12.4. The van der Waals surface area contributed by atoms with E-state index in [0.717, 1.165) is 17.7 Å². The number of hydrogen-bond donors (Lipinski definition) is 1. The van der Waals surface area contributed by atoms with Crippen LogP contribution in [-0.4, -0.2) is 22.6 Å². The van der Waals surface area contributed by atoms with Crippen LogP contribution in [0.4, 0.5) is 13.2 Å². The second-order valence-electron chi connectivity index (χ2n) is 5.03. The van der Waals surface area contributed by atoms with Gasteiger partial charge in [-0.3, -0.25) is 4.79 Å². The Morgan fingerprint density at radius 3 is 2.48 bits per heavy atom. The summed E-state index contributed by atoms with van der Waals surface area (Å²) >= 11 is 0. The van der Waals surface area contributed by atoms with E-state index in [1.165, 1.54) is 12.1 Å². The number of alkyl halides is 3. The molecule has 0 radical (unpaired) electrons. The smallest absolute Gasteiger partial charge is 0.356 e. The van der Waals surface area contributed by atoms with E-state index < -0.39 is 11.7 Å². The van der Waals surface area contributed by atoms with Crippen LogP contribution in [0, 0.1) is 6.92 Å². The summed E-state index contributed by atoms with van der Waals surface area (Å²) in [6.45, 7) is 2.05. The van der Waals surface area contributed by atoms with Crippen molar-refractivity contribution in [2.45, 2.75) is 32.4 Å². The van der Waals surface area contributed by atoms with Crippen molar-refractivity contribution >= 4 is 5.91 Å². The van der Waals surface area contributed by atoms with Crippen molar-refractivity contribution in [2.24, 2.45) is 0 Å². The number of aryl methyl sites for hydroxylation is 2. The number of carbonyl (C=O) groups is 1. The van der Waals surface area contributed by atoms with Gasteiger partial charge >= 0.3 is 6.18 Å². The highest BCUT2D eigenvalue weighted by molar-refractivity contribution is 5.75. The number of nitrogens with one attached hydrogen (secondary N) is 1. The molecular formula is C15H16F3N3O2. The molecule has 0 saturated carbocycles. The lowest BCUT2D eigenvalue weighted by Crippen LogP contribution is -2.25. The lowest BCUT2D eigenvalue weighted by molar-refractivity contribution is -0.137. The standard InChI is InChI=1S/C15H16F3N3O2/c1-10-20-14(23-21-10)7-6-13(22)19-9-8-11-2-4-12(5-3-11)15(16,17)18/h2-5H,6-9H2,1H3,(H,19,22). The van der Waals surface area contributed by atoms with Crippen LogP contribution in [0.1, 0.15) is 29.3 Å². The molecule has 0 unspecified atom stereocenters. The van der Waals surface area contributed by atoms with Gasteiger partial charge in [0.2, 0.25) is 11.8 Å². The van der Waals surface area contributed by atoms with Gasteiger partial charge < -0.3 is 9.84 Å². The summed E-state index contributed by atoms with van der Waals surface area (Å²) in [7, 11) is 0. The van der Waals surface area contributed by atoms with E-state index in [-0.39, 0.29) is 12.3 Å². The van der Waals surface area contributed by atoms with Crippen molar-refractivity contribution < 1.29 is 22.5 Å². The van der Waals surface area contributed by atoms with E-state index in [9.17, 15) is 18.0 Å². The minimum absolute atomic E-state index is 0.173. The number of amides is 1. The molecule has 124 valence electrons. The van der Waals surface area contributed by atoms with Crippen LogP contribution < -0.4 is 5.32 Å². The van der Waals surface area contributed by atoms with E-state index in [0.29, 0.717) is 31.1 Å². The van der Waals surface area contributed by atoms with Gasteiger partial charge in [-0.25, -0.2) is 0 Å². The molecule has 0 bridgehead atoms. The van der Waals surface area contributed by atoms with E-state index in [1.807, 2.05) is 0 Å². The number of hydrogen-bond acceptors (Lipinski definition) is 4. The Labute approximate surface area is 130 Å². The third-order valence-corrected chi connectivity index (χ3v) is 3.15. The molecule has 1 N–H and O–H groups in total. The molecule has 1 aromatic heterocycles. The van der Waals surface area contributed by atoms with Crippen LogP contribution in [0.5, 0.6) is 0 Å². The first-order chi connectivity index (χ1) is 10.8. The van der Waals surface area contributed by atoms with Gasteiger partial charge in [-0.05, 0) is 31.0 Å². The van der Waals surface area contributed by atoms with Crippen molar-refractivity contribution in [3.63, 3.8) is 0 Å². The van der Waals surface area contributed by atoms with E-state index in [2.05, 4.69) is 15.5 Å². The number of nitrogens with zero attached hydrogens (tertiary/aromatic N) is 2. The largest absolute Gasteiger partial charge is 0.416 e. The highest BCUT2D eigenvalue weighted by Crippen LogP contribution is 2.29. The fourth-order valence-corrected chi connectivity index (χ4v) is 1.96. The maximum Gasteiger partial charge on any atom is 0.416 e. The maximum atomic E-state index is 12.4. The SMILES string of the molecule is Cc1noc(CCC(=O)NCCc2ccc(C(F)(F)F)cc2)n1. The van der Waals surface area contributed by atoms with Crippen LogP contribution in [0.15, 0.2) is 28.8 Å². The van der Waals surface area contributed by atoms with Gasteiger partial charge in [-0.1, -0.05) is 17.3 Å². The Morgan fingerprint density at radius 2 is 1.91 bits per heavy atom. The van der Waals surface area contributed by atoms with Crippen molar-refractivity contribution in [3.05, 3.63) is 47.1 Å². The molecule has 0 aliphatic carbocycles. The third kappa shape index (κ3) is 5.39. The summed E-state index contributed by atoms with van der Waals surface area (Å²) in [5.41, 5.74) is 0.0472. The fraction of sp³-hybridized carbons (Fsp3) is 0.400. The first kappa shape index (κ1) is 17.0. The summed E-state index contributed by atoms with van der Waals surface area (Å²) in [6.07, 6.45) is -3.30. The van der Waals surface area contributed by atoms with Gasteiger partial charge in [0.05, 0.1) is 5.56 Å². The molecule has 0 spiro atoms. The minimum atomic E-state index is -4.33. The van der Waals surface area contributed by atoms with Crippen molar-refractivity contribution in [1.29, 1.82) is 0 Å². The minimum Gasteiger partial charge on any atom is -0.356 e. The molecule has 1 amide bonds. The number of carbonyl (C=O) groups excluding carboxylic acids is 1. The van der Waals surface area contributed by atoms with Crippen molar-refractivity contribution in [1.82, 2.24) is 15.5 Å². The first-order valence-electron chi connectivity index (χ1n) is 7.06. The lowest BCUT2D eigenvalue weighted by atomic mass is 10.1. The monoisotopic (exact) mass is 327 g/mol. The average molecular weight is 327 g/mol. The average Bonchev–Trinajstić information content (AvgIpc) is 2.90. The van der Waals surface area contributed by atoms with Crippen molar-refractivity contribution in [2.75, 3.05) is 6.54 Å². The van der Waals surface area contributed by atoms with Gasteiger partial charge in [0.1, 0.15) is 0 Å². The van der Waals surface area contributed by atoms with Gasteiger partial charge in [0.15, 0.2) is 5.82 Å². The Balaban J connectivity index is 1.71. The molecular weight excluding hydrogens is 311 g/mol. The predicted molar refractivity (Wildman–Crippen MR) is 75.5 cm³/mol. The molecule has 1 aromatic carbocycles. The Kier molecular flexibility index (Phi) is 5.36. The molecule has 0 aliphatic heterocycles. The molecule has 0 saturated heterocycles. The van der Waals surface area contributed by atoms with E-state index in [1.54, 1.807) is 6.92 Å².